The van der Waals surface area contributed by atoms with Crippen molar-refractivity contribution in [1.82, 2.24) is 9.80 Å². The monoisotopic (exact) mass is 553 g/mol. The number of hydrogen-bond donors (Lipinski definition) is 0. The topological polar surface area (TPSA) is 15.7 Å². The van der Waals surface area contributed by atoms with Crippen molar-refractivity contribution in [3.63, 3.8) is 0 Å². The van der Waals surface area contributed by atoms with Crippen LogP contribution < -0.4 is 0 Å². The highest BCUT2D eigenvalue weighted by molar-refractivity contribution is 4.70. The summed E-state index contributed by atoms with van der Waals surface area (Å²) in [6.07, 6.45) is 31.1. The Morgan fingerprint density at radius 3 is 0.923 bits per heavy atom. The fourth-order valence-electron chi connectivity index (χ4n) is 5.93. The predicted molar refractivity (Wildman–Crippen MR) is 177 cm³/mol. The molecule has 0 aromatic carbocycles. The SMILES string of the molecule is CCCCCCCCCCCC(CCN(CC)CC)OC(CCCCCCCCCCC)CCN(CC)CC. The van der Waals surface area contributed by atoms with Gasteiger partial charge in [-0.05, 0) is 51.9 Å². The summed E-state index contributed by atoms with van der Waals surface area (Å²) >= 11 is 0. The average molecular weight is 553 g/mol. The normalized spacial score (nSPS) is 13.5. The third-order valence-corrected chi connectivity index (χ3v) is 8.97. The quantitative estimate of drug-likeness (QED) is 0.0772. The molecule has 0 spiro atoms. The lowest BCUT2D eigenvalue weighted by atomic mass is 10.0. The van der Waals surface area contributed by atoms with Crippen LogP contribution in [0.3, 0.4) is 0 Å². The van der Waals surface area contributed by atoms with Crippen LogP contribution in [-0.2, 0) is 4.74 Å². The Morgan fingerprint density at radius 1 is 0.359 bits per heavy atom. The summed E-state index contributed by atoms with van der Waals surface area (Å²) in [7, 11) is 0. The van der Waals surface area contributed by atoms with E-state index in [1.54, 1.807) is 0 Å². The minimum Gasteiger partial charge on any atom is -0.375 e. The lowest BCUT2D eigenvalue weighted by molar-refractivity contribution is -0.0369. The first-order chi connectivity index (χ1) is 19.1. The van der Waals surface area contributed by atoms with Crippen molar-refractivity contribution in [3.8, 4) is 0 Å². The molecule has 0 fully saturated rings. The molecule has 2 atom stereocenters. The maximum absolute atomic E-state index is 7.02. The minimum absolute atomic E-state index is 0.440. The van der Waals surface area contributed by atoms with Gasteiger partial charge in [-0.15, -0.1) is 0 Å². The second-order valence-electron chi connectivity index (χ2n) is 12.2. The first kappa shape index (κ1) is 38.9. The van der Waals surface area contributed by atoms with E-state index in [4.69, 9.17) is 4.74 Å². The highest BCUT2D eigenvalue weighted by Gasteiger charge is 2.18. The van der Waals surface area contributed by atoms with Gasteiger partial charge in [0.05, 0.1) is 12.2 Å². The predicted octanol–water partition coefficient (Wildman–Crippen LogP) is 11.0. The zero-order valence-electron chi connectivity index (χ0n) is 28.3. The standard InChI is InChI=1S/C36H76N2O/c1-7-13-15-17-19-21-23-25-27-29-35(31-33-37(9-3)10-4)39-36(32-34-38(11-5)12-6)30-28-26-24-22-20-18-16-14-8-2/h35-36H,7-34H2,1-6H3. The van der Waals surface area contributed by atoms with E-state index in [0.717, 1.165) is 26.2 Å². The van der Waals surface area contributed by atoms with Crippen molar-refractivity contribution in [2.75, 3.05) is 39.3 Å². The van der Waals surface area contributed by atoms with E-state index in [9.17, 15) is 0 Å². The maximum atomic E-state index is 7.02. The van der Waals surface area contributed by atoms with E-state index in [1.165, 1.54) is 154 Å². The van der Waals surface area contributed by atoms with Gasteiger partial charge in [-0.3, -0.25) is 0 Å². The first-order valence-corrected chi connectivity index (χ1v) is 18.2. The third kappa shape index (κ3) is 25.3. The van der Waals surface area contributed by atoms with Gasteiger partial charge in [-0.1, -0.05) is 157 Å². The molecule has 236 valence electrons. The summed E-state index contributed by atoms with van der Waals surface area (Å²) in [5.41, 5.74) is 0. The van der Waals surface area contributed by atoms with Gasteiger partial charge in [0.15, 0.2) is 0 Å². The molecule has 3 heteroatoms. The summed E-state index contributed by atoms with van der Waals surface area (Å²) in [5.74, 6) is 0. The number of nitrogens with zero attached hydrogens (tertiary/aromatic N) is 2. The van der Waals surface area contributed by atoms with Crippen LogP contribution in [0.2, 0.25) is 0 Å². The van der Waals surface area contributed by atoms with Crippen molar-refractivity contribution < 1.29 is 4.74 Å². The van der Waals surface area contributed by atoms with E-state index in [-0.39, 0.29) is 0 Å². The molecule has 0 aromatic heterocycles. The van der Waals surface area contributed by atoms with Crippen molar-refractivity contribution in [3.05, 3.63) is 0 Å². The molecule has 0 radical (unpaired) electrons. The summed E-state index contributed by atoms with van der Waals surface area (Å²) in [4.78, 5) is 5.16. The van der Waals surface area contributed by atoms with Gasteiger partial charge in [0.1, 0.15) is 0 Å². The van der Waals surface area contributed by atoms with Crippen LogP contribution in [0.1, 0.15) is 183 Å². The van der Waals surface area contributed by atoms with E-state index in [2.05, 4.69) is 51.3 Å². The van der Waals surface area contributed by atoms with E-state index in [1.807, 2.05) is 0 Å². The summed E-state index contributed by atoms with van der Waals surface area (Å²) in [6.45, 7) is 20.8. The lowest BCUT2D eigenvalue weighted by Gasteiger charge is -2.29. The number of rotatable bonds is 32. The molecule has 0 aliphatic rings. The fourth-order valence-corrected chi connectivity index (χ4v) is 5.93. The number of hydrogen-bond acceptors (Lipinski definition) is 3. The number of unbranched alkanes of at least 4 members (excludes halogenated alkanes) is 16. The molecule has 0 rings (SSSR count). The van der Waals surface area contributed by atoms with Gasteiger partial charge in [0, 0.05) is 13.1 Å². The van der Waals surface area contributed by atoms with Crippen LogP contribution in [0, 0.1) is 0 Å². The second kappa shape index (κ2) is 30.8. The molecule has 3 nitrogen and oxygen atoms in total. The van der Waals surface area contributed by atoms with Crippen LogP contribution in [0.15, 0.2) is 0 Å². The molecular weight excluding hydrogens is 476 g/mol. The second-order valence-corrected chi connectivity index (χ2v) is 12.2. The van der Waals surface area contributed by atoms with Gasteiger partial charge in [-0.2, -0.15) is 0 Å². The Morgan fingerprint density at radius 2 is 0.641 bits per heavy atom. The summed E-state index contributed by atoms with van der Waals surface area (Å²) in [6, 6.07) is 0. The fraction of sp³-hybridized carbons (Fsp3) is 1.00. The van der Waals surface area contributed by atoms with Gasteiger partial charge in [0.25, 0.3) is 0 Å². The molecule has 0 N–H and O–H groups in total. The van der Waals surface area contributed by atoms with Crippen molar-refractivity contribution >= 4 is 0 Å². The van der Waals surface area contributed by atoms with Crippen LogP contribution in [0.4, 0.5) is 0 Å². The van der Waals surface area contributed by atoms with Crippen molar-refractivity contribution in [1.29, 1.82) is 0 Å². The lowest BCUT2D eigenvalue weighted by Crippen LogP contribution is -2.32. The molecule has 0 saturated carbocycles. The first-order valence-electron chi connectivity index (χ1n) is 18.2. The molecule has 0 aliphatic carbocycles. The Labute approximate surface area is 248 Å². The van der Waals surface area contributed by atoms with Crippen LogP contribution in [0.25, 0.3) is 0 Å². The van der Waals surface area contributed by atoms with Gasteiger partial charge in [0.2, 0.25) is 0 Å². The highest BCUT2D eigenvalue weighted by Crippen LogP contribution is 2.21. The summed E-state index contributed by atoms with van der Waals surface area (Å²) < 4.78 is 7.02. The molecule has 0 heterocycles. The smallest absolute Gasteiger partial charge is 0.0591 e. The zero-order chi connectivity index (χ0) is 28.8. The largest absolute Gasteiger partial charge is 0.375 e. The maximum Gasteiger partial charge on any atom is 0.0591 e. The molecule has 0 aliphatic heterocycles. The molecule has 0 bridgehead atoms. The van der Waals surface area contributed by atoms with Crippen LogP contribution in [0.5, 0.6) is 0 Å². The van der Waals surface area contributed by atoms with E-state index < -0.39 is 0 Å². The van der Waals surface area contributed by atoms with Gasteiger partial charge >= 0.3 is 0 Å². The van der Waals surface area contributed by atoms with Crippen molar-refractivity contribution in [2.45, 2.75) is 195 Å². The zero-order valence-corrected chi connectivity index (χ0v) is 28.3. The average Bonchev–Trinajstić information content (AvgIpc) is 2.95. The number of ether oxygens (including phenoxy) is 1. The van der Waals surface area contributed by atoms with Gasteiger partial charge < -0.3 is 14.5 Å². The third-order valence-electron chi connectivity index (χ3n) is 8.97. The Hall–Kier alpha value is -0.120. The highest BCUT2D eigenvalue weighted by atomic mass is 16.5. The molecule has 0 amide bonds. The molecule has 39 heavy (non-hydrogen) atoms. The Bertz CT molecular complexity index is 409. The van der Waals surface area contributed by atoms with E-state index in [0.29, 0.717) is 12.2 Å². The van der Waals surface area contributed by atoms with Crippen LogP contribution in [-0.4, -0.2) is 61.3 Å². The summed E-state index contributed by atoms with van der Waals surface area (Å²) in [5, 5.41) is 0. The molecule has 0 saturated heterocycles. The van der Waals surface area contributed by atoms with E-state index >= 15 is 0 Å². The molecule has 2 unspecified atom stereocenters. The Balaban J connectivity index is 4.71. The Kier molecular flexibility index (Phi) is 30.7. The minimum atomic E-state index is 0.440. The van der Waals surface area contributed by atoms with Crippen LogP contribution >= 0.6 is 0 Å². The molecule has 0 aromatic rings. The van der Waals surface area contributed by atoms with Crippen molar-refractivity contribution in [2.24, 2.45) is 0 Å². The van der Waals surface area contributed by atoms with Gasteiger partial charge in [-0.25, -0.2) is 0 Å². The molecular formula is C36H76N2O.